The molecular weight excluding hydrogens is 448 g/mol. The molecule has 0 radical (unpaired) electrons. The lowest BCUT2D eigenvalue weighted by molar-refractivity contribution is 0.0536. The molecule has 3 heterocycles. The van der Waals surface area contributed by atoms with Gasteiger partial charge in [-0.1, -0.05) is 0 Å². The molecule has 5 rings (SSSR count). The fourth-order valence-corrected chi connectivity index (χ4v) is 4.88. The molecule has 5 aromatic rings. The zero-order chi connectivity index (χ0) is 23.7. The lowest BCUT2D eigenvalue weighted by atomic mass is 10.1. The molecule has 0 fully saturated rings. The molecule has 0 spiro atoms. The maximum atomic E-state index is 9.75. The van der Waals surface area contributed by atoms with Gasteiger partial charge in [0.2, 0.25) is 0 Å². The van der Waals surface area contributed by atoms with Crippen molar-refractivity contribution in [1.82, 2.24) is 9.97 Å². The van der Waals surface area contributed by atoms with E-state index < -0.39 is 6.10 Å². The van der Waals surface area contributed by atoms with Crippen LogP contribution in [0.3, 0.4) is 0 Å². The molecule has 170 valence electrons. The Morgan fingerprint density at radius 3 is 2.76 bits per heavy atom. The quantitative estimate of drug-likeness (QED) is 0.263. The molecular formula is C26H22N4O3S. The predicted molar refractivity (Wildman–Crippen MR) is 135 cm³/mol. The molecule has 0 aliphatic rings. The first-order chi connectivity index (χ1) is 16.6. The van der Waals surface area contributed by atoms with Gasteiger partial charge in [0.05, 0.1) is 17.9 Å². The summed E-state index contributed by atoms with van der Waals surface area (Å²) in [5.41, 5.74) is 5.33. The average molecular weight is 471 g/mol. The largest absolute Gasteiger partial charge is 0.491 e. The molecule has 2 aromatic carbocycles. The fraction of sp³-hybridized carbons (Fsp3) is 0.154. The second-order valence-corrected chi connectivity index (χ2v) is 8.99. The number of aryl methyl sites for hydroxylation is 1. The molecule has 0 amide bonds. The molecule has 0 unspecified atom stereocenters. The zero-order valence-electron chi connectivity index (χ0n) is 18.4. The Hall–Kier alpha value is -3.90. The lowest BCUT2D eigenvalue weighted by Gasteiger charge is -2.12. The van der Waals surface area contributed by atoms with Gasteiger partial charge in [-0.05, 0) is 66.6 Å². The van der Waals surface area contributed by atoms with Gasteiger partial charge in [-0.2, -0.15) is 5.26 Å². The van der Waals surface area contributed by atoms with E-state index in [0.717, 1.165) is 48.5 Å². The van der Waals surface area contributed by atoms with E-state index in [0.29, 0.717) is 11.3 Å². The summed E-state index contributed by atoms with van der Waals surface area (Å²) in [5, 5.41) is 33.6. The molecule has 7 nitrogen and oxygen atoms in total. The van der Waals surface area contributed by atoms with Gasteiger partial charge in [-0.3, -0.25) is 0 Å². The van der Waals surface area contributed by atoms with Crippen LogP contribution < -0.4 is 10.1 Å². The predicted octanol–water partition coefficient (Wildman–Crippen LogP) is 5.10. The van der Waals surface area contributed by atoms with E-state index in [-0.39, 0.29) is 13.2 Å². The standard InChI is InChI=1S/C26H22N4O3S/c1-15-20-8-9-28-23(20)7-6-22(15)30-25-17(11-27)12-29-26-21(25)10-24(34-26)16-2-4-19(5-3-16)33-14-18(32)13-31/h2-10,12,18,28,31-32H,13-14H2,1H3,(H,29,30)/t18-/m0/s1. The second-order valence-electron chi connectivity index (χ2n) is 7.96. The highest BCUT2D eigenvalue weighted by Gasteiger charge is 2.15. The Bertz CT molecular complexity index is 1520. The number of fused-ring (bicyclic) bond motifs is 2. The monoisotopic (exact) mass is 470 g/mol. The molecule has 0 aliphatic heterocycles. The second kappa shape index (κ2) is 9.15. The molecule has 8 heteroatoms. The summed E-state index contributed by atoms with van der Waals surface area (Å²) in [6.45, 7) is 1.75. The van der Waals surface area contributed by atoms with Gasteiger partial charge in [-0.15, -0.1) is 11.3 Å². The third-order valence-electron chi connectivity index (χ3n) is 5.74. The van der Waals surface area contributed by atoms with Crippen molar-refractivity contribution < 1.29 is 14.9 Å². The molecule has 34 heavy (non-hydrogen) atoms. The van der Waals surface area contributed by atoms with Crippen LogP contribution in [0.4, 0.5) is 11.4 Å². The van der Waals surface area contributed by atoms with E-state index in [1.54, 1.807) is 17.5 Å². The highest BCUT2D eigenvalue weighted by Crippen LogP contribution is 2.39. The Balaban J connectivity index is 1.49. The van der Waals surface area contributed by atoms with Crippen molar-refractivity contribution >= 4 is 43.8 Å². The third kappa shape index (κ3) is 4.08. The lowest BCUT2D eigenvalue weighted by Crippen LogP contribution is -2.21. The SMILES string of the molecule is Cc1c(Nc2c(C#N)cnc3sc(-c4ccc(OC[C@@H](O)CO)cc4)cc23)ccc2[nH]ccc12. The van der Waals surface area contributed by atoms with Gasteiger partial charge in [0.1, 0.15) is 29.4 Å². The van der Waals surface area contributed by atoms with Crippen LogP contribution in [0.2, 0.25) is 0 Å². The van der Waals surface area contributed by atoms with Crippen LogP contribution in [0.5, 0.6) is 5.75 Å². The summed E-state index contributed by atoms with van der Waals surface area (Å²) in [4.78, 5) is 9.59. The van der Waals surface area contributed by atoms with Crippen LogP contribution in [-0.4, -0.2) is 39.5 Å². The number of aliphatic hydroxyl groups excluding tert-OH is 2. The van der Waals surface area contributed by atoms with E-state index in [4.69, 9.17) is 9.84 Å². The number of ether oxygens (including phenoxy) is 1. The first-order valence-electron chi connectivity index (χ1n) is 10.8. The average Bonchev–Trinajstić information content (AvgIpc) is 3.52. The van der Waals surface area contributed by atoms with Crippen molar-refractivity contribution in [3.8, 4) is 22.3 Å². The minimum atomic E-state index is -0.907. The number of nitriles is 1. The highest BCUT2D eigenvalue weighted by atomic mass is 32.1. The third-order valence-corrected chi connectivity index (χ3v) is 6.83. The zero-order valence-corrected chi connectivity index (χ0v) is 19.2. The summed E-state index contributed by atoms with van der Waals surface area (Å²) in [7, 11) is 0. The maximum Gasteiger partial charge on any atom is 0.126 e. The number of hydrogen-bond donors (Lipinski definition) is 4. The summed E-state index contributed by atoms with van der Waals surface area (Å²) in [6, 6.07) is 17.9. The molecule has 1 atom stereocenters. The number of aliphatic hydroxyl groups is 2. The molecule has 0 saturated carbocycles. The molecule has 0 bridgehead atoms. The number of thiophene rings is 1. The van der Waals surface area contributed by atoms with Crippen molar-refractivity contribution in [2.24, 2.45) is 0 Å². The number of anilines is 2. The van der Waals surface area contributed by atoms with Gasteiger partial charge >= 0.3 is 0 Å². The number of rotatable bonds is 7. The van der Waals surface area contributed by atoms with E-state index in [1.807, 2.05) is 54.7 Å². The Morgan fingerprint density at radius 1 is 1.18 bits per heavy atom. The Kier molecular flexibility index (Phi) is 5.90. The smallest absolute Gasteiger partial charge is 0.126 e. The number of H-pyrrole nitrogens is 1. The normalized spacial score (nSPS) is 12.1. The molecule has 0 saturated heterocycles. The summed E-state index contributed by atoms with van der Waals surface area (Å²) < 4.78 is 5.49. The van der Waals surface area contributed by atoms with E-state index in [1.165, 1.54) is 0 Å². The number of aromatic amines is 1. The molecule has 4 N–H and O–H groups in total. The highest BCUT2D eigenvalue weighted by molar-refractivity contribution is 7.21. The number of nitrogens with zero attached hydrogens (tertiary/aromatic N) is 2. The Morgan fingerprint density at radius 2 is 2.00 bits per heavy atom. The minimum absolute atomic E-state index is 0.0303. The summed E-state index contributed by atoms with van der Waals surface area (Å²) >= 11 is 1.55. The van der Waals surface area contributed by atoms with Crippen LogP contribution in [0.15, 0.2) is 60.9 Å². The van der Waals surface area contributed by atoms with Crippen LogP contribution in [-0.2, 0) is 0 Å². The van der Waals surface area contributed by atoms with Gasteiger partial charge in [0.15, 0.2) is 0 Å². The Labute approximate surface area is 199 Å². The fourth-order valence-electron chi connectivity index (χ4n) is 3.87. The van der Waals surface area contributed by atoms with Crippen molar-refractivity contribution in [2.45, 2.75) is 13.0 Å². The van der Waals surface area contributed by atoms with Crippen molar-refractivity contribution in [3.63, 3.8) is 0 Å². The first-order valence-corrected chi connectivity index (χ1v) is 11.6. The molecule has 3 aromatic heterocycles. The van der Waals surface area contributed by atoms with Crippen LogP contribution >= 0.6 is 11.3 Å². The van der Waals surface area contributed by atoms with Crippen LogP contribution in [0, 0.1) is 18.3 Å². The number of hydrogen-bond acceptors (Lipinski definition) is 7. The van der Waals surface area contributed by atoms with Crippen LogP contribution in [0.25, 0.3) is 31.6 Å². The van der Waals surface area contributed by atoms with Gasteiger partial charge in [-0.25, -0.2) is 4.98 Å². The van der Waals surface area contributed by atoms with E-state index in [2.05, 4.69) is 28.3 Å². The number of pyridine rings is 1. The van der Waals surface area contributed by atoms with Crippen molar-refractivity contribution in [2.75, 3.05) is 18.5 Å². The van der Waals surface area contributed by atoms with Gasteiger partial charge in [0, 0.05) is 39.2 Å². The maximum absolute atomic E-state index is 9.75. The first kappa shape index (κ1) is 21.9. The molecule has 0 aliphatic carbocycles. The van der Waals surface area contributed by atoms with Crippen LogP contribution in [0.1, 0.15) is 11.1 Å². The number of aromatic nitrogens is 2. The van der Waals surface area contributed by atoms with E-state index in [9.17, 15) is 10.4 Å². The van der Waals surface area contributed by atoms with Crippen molar-refractivity contribution in [1.29, 1.82) is 5.26 Å². The topological polar surface area (TPSA) is 114 Å². The summed E-state index contributed by atoms with van der Waals surface area (Å²) in [6.07, 6.45) is 2.62. The van der Waals surface area contributed by atoms with Gasteiger partial charge < -0.3 is 25.3 Å². The number of nitrogens with one attached hydrogen (secondary N) is 2. The summed E-state index contributed by atoms with van der Waals surface area (Å²) in [5.74, 6) is 0.611. The van der Waals surface area contributed by atoms with Gasteiger partial charge in [0.25, 0.3) is 0 Å². The van der Waals surface area contributed by atoms with Crippen molar-refractivity contribution in [3.05, 3.63) is 72.1 Å². The number of benzene rings is 2. The van der Waals surface area contributed by atoms with E-state index >= 15 is 0 Å². The minimum Gasteiger partial charge on any atom is -0.491 e.